The second-order valence-electron chi connectivity index (χ2n) is 3.68. The third-order valence-corrected chi connectivity index (χ3v) is 2.28. The van der Waals surface area contributed by atoms with E-state index in [1.54, 1.807) is 0 Å². The minimum absolute atomic E-state index is 0.807. The van der Waals surface area contributed by atoms with Crippen molar-refractivity contribution in [3.63, 3.8) is 0 Å². The molecule has 0 saturated heterocycles. The molecule has 0 fully saturated rings. The van der Waals surface area contributed by atoms with Crippen molar-refractivity contribution in [3.05, 3.63) is 48.0 Å². The number of nitrogens with one attached hydrogen (secondary N) is 2. The number of aliphatic imine (C=N–C) groups is 2. The maximum Gasteiger partial charge on any atom is 0.0561 e. The summed E-state index contributed by atoms with van der Waals surface area (Å²) in [5.41, 5.74) is 2.08. The molecule has 2 aromatic rings. The number of aromatic nitrogens is 2. The standard InChI is InChI=1S/C13H16N4/c1-4-12(16-8-1)10-14-6-3-7-15-11-13-5-2-9-17-13/h1-2,4-5,8-11,16-17H,3,6-7H2. The Morgan fingerprint density at radius 2 is 1.41 bits per heavy atom. The summed E-state index contributed by atoms with van der Waals surface area (Å²) in [4.78, 5) is 14.8. The summed E-state index contributed by atoms with van der Waals surface area (Å²) in [5, 5.41) is 0. The molecule has 17 heavy (non-hydrogen) atoms. The lowest BCUT2D eigenvalue weighted by Crippen LogP contribution is -1.89. The van der Waals surface area contributed by atoms with Gasteiger partial charge in [-0.15, -0.1) is 0 Å². The molecule has 0 saturated carbocycles. The van der Waals surface area contributed by atoms with Crippen LogP contribution in [0, 0.1) is 0 Å². The van der Waals surface area contributed by atoms with E-state index in [4.69, 9.17) is 0 Å². The lowest BCUT2D eigenvalue weighted by molar-refractivity contribution is 0.850. The average Bonchev–Trinajstić information content (AvgIpc) is 3.00. The van der Waals surface area contributed by atoms with Crippen LogP contribution >= 0.6 is 0 Å². The first-order valence-corrected chi connectivity index (χ1v) is 5.71. The predicted molar refractivity (Wildman–Crippen MR) is 71.1 cm³/mol. The molecule has 0 unspecified atom stereocenters. The molecule has 0 atom stereocenters. The molecular weight excluding hydrogens is 212 g/mol. The fourth-order valence-corrected chi connectivity index (χ4v) is 1.43. The van der Waals surface area contributed by atoms with Gasteiger partial charge >= 0.3 is 0 Å². The Labute approximate surface area is 101 Å². The van der Waals surface area contributed by atoms with E-state index in [2.05, 4.69) is 20.0 Å². The largest absolute Gasteiger partial charge is 0.360 e. The molecule has 0 aliphatic rings. The summed E-state index contributed by atoms with van der Waals surface area (Å²) in [6.45, 7) is 1.61. The summed E-state index contributed by atoms with van der Waals surface area (Å²) in [6, 6.07) is 7.91. The van der Waals surface area contributed by atoms with Gasteiger partial charge in [0.2, 0.25) is 0 Å². The van der Waals surface area contributed by atoms with Crippen LogP contribution in [-0.2, 0) is 0 Å². The van der Waals surface area contributed by atoms with Gasteiger partial charge in [0.25, 0.3) is 0 Å². The Kier molecular flexibility index (Phi) is 4.34. The SMILES string of the molecule is C(=NCCCN=Cc1ccc[nH]1)c1ccc[nH]1. The Bertz CT molecular complexity index is 407. The number of rotatable bonds is 6. The molecule has 4 nitrogen and oxygen atoms in total. The molecule has 0 aliphatic heterocycles. The second kappa shape index (κ2) is 6.48. The highest BCUT2D eigenvalue weighted by molar-refractivity contribution is 5.77. The topological polar surface area (TPSA) is 56.3 Å². The quantitative estimate of drug-likeness (QED) is 0.563. The van der Waals surface area contributed by atoms with Crippen LogP contribution in [0.25, 0.3) is 0 Å². The van der Waals surface area contributed by atoms with Crippen LogP contribution in [0.5, 0.6) is 0 Å². The molecule has 2 heterocycles. The molecule has 4 heteroatoms. The van der Waals surface area contributed by atoms with E-state index in [-0.39, 0.29) is 0 Å². The van der Waals surface area contributed by atoms with E-state index >= 15 is 0 Å². The van der Waals surface area contributed by atoms with Crippen LogP contribution < -0.4 is 0 Å². The van der Waals surface area contributed by atoms with E-state index < -0.39 is 0 Å². The average molecular weight is 228 g/mol. The van der Waals surface area contributed by atoms with Crippen LogP contribution in [0.1, 0.15) is 17.8 Å². The van der Waals surface area contributed by atoms with Crippen LogP contribution in [0.3, 0.4) is 0 Å². The maximum absolute atomic E-state index is 4.31. The zero-order chi connectivity index (χ0) is 11.8. The number of nitrogens with zero attached hydrogens (tertiary/aromatic N) is 2. The van der Waals surface area contributed by atoms with Crippen molar-refractivity contribution in [3.8, 4) is 0 Å². The molecular formula is C13H16N4. The van der Waals surface area contributed by atoms with Crippen molar-refractivity contribution < 1.29 is 0 Å². The summed E-state index contributed by atoms with van der Waals surface area (Å²) in [6.07, 6.45) is 8.46. The van der Waals surface area contributed by atoms with Gasteiger partial charge in [0.1, 0.15) is 0 Å². The first kappa shape index (κ1) is 11.4. The highest BCUT2D eigenvalue weighted by atomic mass is 14.8. The van der Waals surface area contributed by atoms with E-state index in [0.29, 0.717) is 0 Å². The number of hydrogen-bond acceptors (Lipinski definition) is 2. The maximum atomic E-state index is 4.31. The van der Waals surface area contributed by atoms with Crippen molar-refractivity contribution in [2.75, 3.05) is 13.1 Å². The molecule has 0 spiro atoms. The van der Waals surface area contributed by atoms with Gasteiger partial charge in [-0.25, -0.2) is 0 Å². The zero-order valence-electron chi connectivity index (χ0n) is 9.63. The minimum atomic E-state index is 0.807. The van der Waals surface area contributed by atoms with Crippen LogP contribution in [0.2, 0.25) is 0 Å². The van der Waals surface area contributed by atoms with E-state index in [0.717, 1.165) is 30.9 Å². The lowest BCUT2D eigenvalue weighted by atomic mass is 10.4. The molecule has 0 amide bonds. The number of H-pyrrole nitrogens is 2. The number of hydrogen-bond donors (Lipinski definition) is 2. The van der Waals surface area contributed by atoms with Gasteiger partial charge in [-0.05, 0) is 30.7 Å². The smallest absolute Gasteiger partial charge is 0.0561 e. The Morgan fingerprint density at radius 1 is 0.882 bits per heavy atom. The van der Waals surface area contributed by atoms with E-state index in [1.807, 2.05) is 49.1 Å². The Hall–Kier alpha value is -2.10. The summed E-state index contributed by atoms with van der Waals surface area (Å²) >= 11 is 0. The second-order valence-corrected chi connectivity index (χ2v) is 3.68. The summed E-state index contributed by atoms with van der Waals surface area (Å²) in [7, 11) is 0. The highest BCUT2D eigenvalue weighted by Crippen LogP contribution is 1.92. The first-order valence-electron chi connectivity index (χ1n) is 5.71. The zero-order valence-corrected chi connectivity index (χ0v) is 9.63. The van der Waals surface area contributed by atoms with Crippen molar-refractivity contribution >= 4 is 12.4 Å². The van der Waals surface area contributed by atoms with Crippen LogP contribution in [0.15, 0.2) is 46.6 Å². The van der Waals surface area contributed by atoms with Crippen molar-refractivity contribution in [1.29, 1.82) is 0 Å². The van der Waals surface area contributed by atoms with Gasteiger partial charge in [-0.2, -0.15) is 0 Å². The van der Waals surface area contributed by atoms with Crippen LogP contribution in [0.4, 0.5) is 0 Å². The fraction of sp³-hybridized carbons (Fsp3) is 0.231. The van der Waals surface area contributed by atoms with Gasteiger partial charge in [0.15, 0.2) is 0 Å². The van der Waals surface area contributed by atoms with Gasteiger partial charge in [0, 0.05) is 37.9 Å². The number of aromatic amines is 2. The molecule has 2 N–H and O–H groups in total. The predicted octanol–water partition coefficient (Wildman–Crippen LogP) is 2.27. The Morgan fingerprint density at radius 3 is 1.82 bits per heavy atom. The molecule has 0 bridgehead atoms. The van der Waals surface area contributed by atoms with Crippen molar-refractivity contribution in [2.24, 2.45) is 9.98 Å². The molecule has 0 radical (unpaired) electrons. The molecule has 2 aromatic heterocycles. The molecule has 0 aliphatic carbocycles. The van der Waals surface area contributed by atoms with E-state index in [1.165, 1.54) is 0 Å². The molecule has 2 rings (SSSR count). The minimum Gasteiger partial charge on any atom is -0.360 e. The van der Waals surface area contributed by atoms with Gasteiger partial charge in [-0.1, -0.05) is 0 Å². The normalized spacial score (nSPS) is 11.8. The van der Waals surface area contributed by atoms with Gasteiger partial charge in [-0.3, -0.25) is 9.98 Å². The summed E-state index contributed by atoms with van der Waals surface area (Å²) in [5.74, 6) is 0. The molecule has 0 aromatic carbocycles. The van der Waals surface area contributed by atoms with Crippen LogP contribution in [-0.4, -0.2) is 35.5 Å². The third kappa shape index (κ3) is 4.10. The summed E-state index contributed by atoms with van der Waals surface area (Å²) < 4.78 is 0. The van der Waals surface area contributed by atoms with E-state index in [9.17, 15) is 0 Å². The lowest BCUT2D eigenvalue weighted by Gasteiger charge is -1.91. The van der Waals surface area contributed by atoms with Gasteiger partial charge < -0.3 is 9.97 Å². The first-order chi connectivity index (χ1) is 8.45. The Balaban J connectivity index is 1.61. The van der Waals surface area contributed by atoms with Crippen molar-refractivity contribution in [1.82, 2.24) is 9.97 Å². The third-order valence-electron chi connectivity index (χ3n) is 2.28. The monoisotopic (exact) mass is 228 g/mol. The highest BCUT2D eigenvalue weighted by Gasteiger charge is 1.87. The molecule has 88 valence electrons. The van der Waals surface area contributed by atoms with Gasteiger partial charge in [0.05, 0.1) is 11.4 Å². The fourth-order valence-electron chi connectivity index (χ4n) is 1.43. The van der Waals surface area contributed by atoms with Crippen molar-refractivity contribution in [2.45, 2.75) is 6.42 Å².